The van der Waals surface area contributed by atoms with Gasteiger partial charge in [0.05, 0.1) is 18.5 Å². The van der Waals surface area contributed by atoms with Crippen LogP contribution >= 0.6 is 0 Å². The lowest BCUT2D eigenvalue weighted by Crippen LogP contribution is -2.34. The van der Waals surface area contributed by atoms with Gasteiger partial charge < -0.3 is 25.4 Å². The normalized spacial score (nSPS) is 16.8. The number of Topliss-reactive ketones (excluding diaryl/α,β-unsaturated/α-hetero) is 1. The Balaban J connectivity index is 2.79. The number of aromatic nitrogens is 2. The molecule has 0 spiro atoms. The number of aliphatic hydroxyl groups excluding tert-OH is 4. The molecule has 1 aromatic heterocycles. The van der Waals surface area contributed by atoms with E-state index in [-0.39, 0.29) is 17.3 Å². The van der Waals surface area contributed by atoms with Gasteiger partial charge in [0.25, 0.3) is 0 Å². The summed E-state index contributed by atoms with van der Waals surface area (Å²) < 4.78 is 0. The van der Waals surface area contributed by atoms with E-state index in [0.717, 1.165) is 0 Å². The number of carbonyl (C=O) groups excluding carboxylic acids is 1. The first kappa shape index (κ1) is 12.8. The van der Waals surface area contributed by atoms with Crippen molar-refractivity contribution in [1.29, 1.82) is 0 Å². The highest BCUT2D eigenvalue weighted by Gasteiger charge is 2.27. The van der Waals surface area contributed by atoms with Gasteiger partial charge in [-0.2, -0.15) is 0 Å². The molecule has 0 aliphatic rings. The van der Waals surface area contributed by atoms with E-state index in [1.54, 1.807) is 0 Å². The number of nitrogens with zero attached hydrogens (tertiary/aromatic N) is 1. The highest BCUT2D eigenvalue weighted by Crippen LogP contribution is 2.17. The Morgan fingerprint density at radius 1 is 1.50 bits per heavy atom. The SMILES string of the molecule is CC(=O)c1ncc([C@H](O)[C@H](O)[C@@H](O)CO)[nH]1. The van der Waals surface area contributed by atoms with Crippen molar-refractivity contribution in [1.82, 2.24) is 9.97 Å². The fraction of sp³-hybridized carbons (Fsp3) is 0.556. The highest BCUT2D eigenvalue weighted by molar-refractivity contribution is 5.90. The minimum absolute atomic E-state index is 0.0553. The van der Waals surface area contributed by atoms with Gasteiger partial charge in [-0.1, -0.05) is 0 Å². The number of ketones is 1. The van der Waals surface area contributed by atoms with Crippen LogP contribution in [0.25, 0.3) is 0 Å². The minimum Gasteiger partial charge on any atom is -0.394 e. The summed E-state index contributed by atoms with van der Waals surface area (Å²) in [5.41, 5.74) is 0.102. The van der Waals surface area contributed by atoms with Crippen molar-refractivity contribution in [3.63, 3.8) is 0 Å². The first-order valence-corrected chi connectivity index (χ1v) is 4.68. The number of hydrogen-bond donors (Lipinski definition) is 5. The van der Waals surface area contributed by atoms with E-state index in [4.69, 9.17) is 10.2 Å². The molecule has 0 saturated heterocycles. The lowest BCUT2D eigenvalue weighted by atomic mass is 10.1. The largest absolute Gasteiger partial charge is 0.394 e. The van der Waals surface area contributed by atoms with Crippen LogP contribution in [0.15, 0.2) is 6.20 Å². The second-order valence-corrected chi connectivity index (χ2v) is 3.43. The Morgan fingerprint density at radius 3 is 2.56 bits per heavy atom. The number of hydrogen-bond acceptors (Lipinski definition) is 6. The van der Waals surface area contributed by atoms with Gasteiger partial charge in [-0.3, -0.25) is 4.79 Å². The Labute approximate surface area is 91.4 Å². The van der Waals surface area contributed by atoms with E-state index in [2.05, 4.69) is 9.97 Å². The molecular weight excluding hydrogens is 216 g/mol. The molecule has 0 unspecified atom stereocenters. The number of carbonyl (C=O) groups is 1. The Kier molecular flexibility index (Phi) is 4.13. The van der Waals surface area contributed by atoms with Crippen molar-refractivity contribution in [2.75, 3.05) is 6.61 Å². The predicted molar refractivity (Wildman–Crippen MR) is 52.7 cm³/mol. The summed E-state index contributed by atoms with van der Waals surface area (Å²) in [5, 5.41) is 36.7. The van der Waals surface area contributed by atoms with Crippen LogP contribution in [0.5, 0.6) is 0 Å². The first-order valence-electron chi connectivity index (χ1n) is 4.68. The van der Waals surface area contributed by atoms with Gasteiger partial charge in [0, 0.05) is 6.92 Å². The van der Waals surface area contributed by atoms with E-state index in [1.165, 1.54) is 13.1 Å². The molecule has 3 atom stereocenters. The second kappa shape index (κ2) is 5.17. The van der Waals surface area contributed by atoms with Gasteiger partial charge in [0.1, 0.15) is 18.3 Å². The van der Waals surface area contributed by atoms with Gasteiger partial charge in [0.15, 0.2) is 11.6 Å². The number of aliphatic hydroxyl groups is 4. The van der Waals surface area contributed by atoms with Crippen LogP contribution in [-0.4, -0.2) is 55.0 Å². The zero-order valence-electron chi connectivity index (χ0n) is 8.66. The molecule has 1 aromatic rings. The molecule has 0 bridgehead atoms. The molecule has 1 rings (SSSR count). The first-order chi connectivity index (χ1) is 7.47. The van der Waals surface area contributed by atoms with E-state index in [9.17, 15) is 15.0 Å². The number of aromatic amines is 1. The molecule has 7 heteroatoms. The molecule has 0 fully saturated rings. The minimum atomic E-state index is -1.55. The summed E-state index contributed by atoms with van der Waals surface area (Å²) in [6.07, 6.45) is -3.26. The molecule has 0 amide bonds. The average Bonchev–Trinajstić information content (AvgIpc) is 2.75. The third-order valence-corrected chi connectivity index (χ3v) is 2.15. The van der Waals surface area contributed by atoms with Gasteiger partial charge in [-0.05, 0) is 0 Å². The standard InChI is InChI=1S/C9H14N2O5/c1-4(13)9-10-2-5(11-9)7(15)8(16)6(14)3-12/h2,6-8,12,14-16H,3H2,1H3,(H,10,11)/t6-,7-,8+/m0/s1. The summed E-state index contributed by atoms with van der Waals surface area (Å²) in [6, 6.07) is 0. The summed E-state index contributed by atoms with van der Waals surface area (Å²) in [5.74, 6) is -0.254. The summed E-state index contributed by atoms with van der Waals surface area (Å²) in [6.45, 7) is 0.625. The van der Waals surface area contributed by atoms with E-state index < -0.39 is 24.9 Å². The molecule has 90 valence electrons. The maximum absolute atomic E-state index is 10.9. The zero-order valence-corrected chi connectivity index (χ0v) is 8.66. The van der Waals surface area contributed by atoms with Crippen molar-refractivity contribution in [2.24, 2.45) is 0 Å². The molecular formula is C9H14N2O5. The Bertz CT molecular complexity index is 365. The lowest BCUT2D eigenvalue weighted by Gasteiger charge is -2.20. The Morgan fingerprint density at radius 2 is 2.12 bits per heavy atom. The fourth-order valence-corrected chi connectivity index (χ4v) is 1.17. The molecule has 0 aliphatic carbocycles. The topological polar surface area (TPSA) is 127 Å². The van der Waals surface area contributed by atoms with E-state index in [0.29, 0.717) is 0 Å². The van der Waals surface area contributed by atoms with Gasteiger partial charge in [0.2, 0.25) is 0 Å². The number of H-pyrrole nitrogens is 1. The zero-order chi connectivity index (χ0) is 12.3. The van der Waals surface area contributed by atoms with E-state index >= 15 is 0 Å². The lowest BCUT2D eigenvalue weighted by molar-refractivity contribution is -0.0788. The maximum atomic E-state index is 10.9. The van der Waals surface area contributed by atoms with Crippen molar-refractivity contribution in [3.05, 3.63) is 17.7 Å². The quantitative estimate of drug-likeness (QED) is 0.386. The van der Waals surface area contributed by atoms with Crippen molar-refractivity contribution in [2.45, 2.75) is 25.2 Å². The van der Waals surface area contributed by atoms with Crippen LogP contribution in [0.4, 0.5) is 0 Å². The molecule has 0 aromatic carbocycles. The van der Waals surface area contributed by atoms with E-state index in [1.807, 2.05) is 0 Å². The smallest absolute Gasteiger partial charge is 0.194 e. The molecule has 7 nitrogen and oxygen atoms in total. The number of rotatable bonds is 5. The predicted octanol–water partition coefficient (Wildman–Crippen LogP) is -1.64. The van der Waals surface area contributed by atoms with Gasteiger partial charge in [-0.25, -0.2) is 4.98 Å². The third kappa shape index (κ3) is 2.64. The van der Waals surface area contributed by atoms with Crippen LogP contribution in [0.1, 0.15) is 29.3 Å². The van der Waals surface area contributed by atoms with Gasteiger partial charge >= 0.3 is 0 Å². The van der Waals surface area contributed by atoms with Gasteiger partial charge in [-0.15, -0.1) is 0 Å². The Hall–Kier alpha value is -1.28. The average molecular weight is 230 g/mol. The maximum Gasteiger partial charge on any atom is 0.194 e. The van der Waals surface area contributed by atoms with Crippen molar-refractivity contribution < 1.29 is 25.2 Å². The molecule has 0 aliphatic heterocycles. The number of nitrogens with one attached hydrogen (secondary N) is 1. The summed E-state index contributed by atoms with van der Waals surface area (Å²) >= 11 is 0. The van der Waals surface area contributed by atoms with Crippen LogP contribution in [0, 0.1) is 0 Å². The molecule has 5 N–H and O–H groups in total. The molecule has 0 radical (unpaired) electrons. The molecule has 1 heterocycles. The van der Waals surface area contributed by atoms with Crippen LogP contribution in [-0.2, 0) is 0 Å². The third-order valence-electron chi connectivity index (χ3n) is 2.15. The second-order valence-electron chi connectivity index (χ2n) is 3.43. The molecule has 0 saturated carbocycles. The highest BCUT2D eigenvalue weighted by atomic mass is 16.4. The monoisotopic (exact) mass is 230 g/mol. The van der Waals surface area contributed by atoms with Crippen LogP contribution in [0.3, 0.4) is 0 Å². The number of imidazole rings is 1. The van der Waals surface area contributed by atoms with Crippen LogP contribution in [0.2, 0.25) is 0 Å². The summed E-state index contributed by atoms with van der Waals surface area (Å²) in [4.78, 5) is 17.1. The van der Waals surface area contributed by atoms with Crippen LogP contribution < -0.4 is 0 Å². The van der Waals surface area contributed by atoms with Crippen molar-refractivity contribution in [3.8, 4) is 0 Å². The fourth-order valence-electron chi connectivity index (χ4n) is 1.17. The summed E-state index contributed by atoms with van der Waals surface area (Å²) in [7, 11) is 0. The molecule has 16 heavy (non-hydrogen) atoms. The van der Waals surface area contributed by atoms with Crippen molar-refractivity contribution >= 4 is 5.78 Å².